The maximum atomic E-state index is 12.9. The number of nitrogens with two attached hydrogens (primary N) is 1. The number of benzene rings is 1. The molecule has 1 aliphatic carbocycles. The van der Waals surface area contributed by atoms with Crippen LogP contribution in [0.15, 0.2) is 41.2 Å². The quantitative estimate of drug-likeness (QED) is 0.317. The van der Waals surface area contributed by atoms with Crippen molar-refractivity contribution in [1.82, 2.24) is 19.5 Å². The van der Waals surface area contributed by atoms with Gasteiger partial charge in [0.1, 0.15) is 10.6 Å². The van der Waals surface area contributed by atoms with E-state index >= 15 is 0 Å². The van der Waals surface area contributed by atoms with Gasteiger partial charge in [-0.25, -0.2) is 9.97 Å². The van der Waals surface area contributed by atoms with Crippen molar-refractivity contribution in [2.45, 2.75) is 32.1 Å². The maximum Gasteiger partial charge on any atom is 0.282 e. The number of nitrogen functional groups attached to an aromatic ring is 1. The van der Waals surface area contributed by atoms with Gasteiger partial charge in [-0.1, -0.05) is 18.2 Å². The lowest BCUT2D eigenvalue weighted by Crippen LogP contribution is -2.47. The van der Waals surface area contributed by atoms with E-state index in [2.05, 4.69) is 39.4 Å². The van der Waals surface area contributed by atoms with Gasteiger partial charge in [0.05, 0.1) is 10.9 Å². The van der Waals surface area contributed by atoms with E-state index in [1.807, 2.05) is 12.1 Å². The molecule has 35 heavy (non-hydrogen) atoms. The number of rotatable bonds is 6. The first kappa shape index (κ1) is 22.3. The summed E-state index contributed by atoms with van der Waals surface area (Å²) in [7, 11) is 0. The van der Waals surface area contributed by atoms with Crippen LogP contribution in [0.25, 0.3) is 21.1 Å². The predicted molar refractivity (Wildman–Crippen MR) is 144 cm³/mol. The Morgan fingerprint density at radius 2 is 1.83 bits per heavy atom. The molecule has 8 nitrogen and oxygen atoms in total. The number of aromatic nitrogens is 3. The van der Waals surface area contributed by atoms with Crippen LogP contribution in [-0.2, 0) is 12.8 Å². The van der Waals surface area contributed by atoms with Crippen molar-refractivity contribution in [2.24, 2.45) is 0 Å². The Hall–Kier alpha value is -3.17. The molecule has 0 bridgehead atoms. The Labute approximate surface area is 208 Å². The lowest BCUT2D eigenvalue weighted by atomic mass is 9.97. The number of anilines is 2. The van der Waals surface area contributed by atoms with Gasteiger partial charge < -0.3 is 16.1 Å². The first-order chi connectivity index (χ1) is 17.2. The number of thiophene rings is 1. The summed E-state index contributed by atoms with van der Waals surface area (Å²) in [5.41, 5.74) is 2.10. The third kappa shape index (κ3) is 4.34. The fraction of sp³-hybridized carbons (Fsp3) is 0.423. The van der Waals surface area contributed by atoms with Gasteiger partial charge >= 0.3 is 0 Å². The summed E-state index contributed by atoms with van der Waals surface area (Å²) in [6.07, 6.45) is 5.30. The van der Waals surface area contributed by atoms with Crippen molar-refractivity contribution in [2.75, 3.05) is 55.3 Å². The third-order valence-corrected chi connectivity index (χ3v) is 8.42. The van der Waals surface area contributed by atoms with E-state index in [0.717, 1.165) is 86.5 Å². The van der Waals surface area contributed by atoms with Gasteiger partial charge in [0, 0.05) is 43.0 Å². The molecule has 1 aliphatic heterocycles. The van der Waals surface area contributed by atoms with E-state index in [4.69, 9.17) is 15.8 Å². The van der Waals surface area contributed by atoms with Crippen LogP contribution in [0, 0.1) is 0 Å². The highest BCUT2D eigenvalue weighted by Crippen LogP contribution is 2.34. The van der Waals surface area contributed by atoms with Gasteiger partial charge in [0.25, 0.3) is 5.56 Å². The van der Waals surface area contributed by atoms with E-state index < -0.39 is 0 Å². The van der Waals surface area contributed by atoms with Crippen LogP contribution in [0.4, 0.5) is 11.8 Å². The monoisotopic (exact) mass is 489 g/mol. The molecular formula is C26H31N7OS. The van der Waals surface area contributed by atoms with Crippen LogP contribution in [0.2, 0.25) is 0 Å². The number of nitrogens with one attached hydrogen (secondary N) is 1. The Bertz CT molecular complexity index is 1420. The lowest BCUT2D eigenvalue weighted by Gasteiger charge is -2.35. The second-order valence-corrected chi connectivity index (χ2v) is 10.6. The molecule has 4 heterocycles. The van der Waals surface area contributed by atoms with Crippen molar-refractivity contribution in [3.63, 3.8) is 0 Å². The molecule has 0 unspecified atom stereocenters. The summed E-state index contributed by atoms with van der Waals surface area (Å²) in [6.45, 7) is 5.70. The second-order valence-electron chi connectivity index (χ2n) is 9.47. The van der Waals surface area contributed by atoms with Gasteiger partial charge in [0.2, 0.25) is 5.95 Å². The zero-order chi connectivity index (χ0) is 23.8. The molecule has 0 spiro atoms. The number of fused-ring (bicyclic) bond motifs is 4. The average molecular weight is 490 g/mol. The molecule has 9 heteroatoms. The van der Waals surface area contributed by atoms with E-state index in [-0.39, 0.29) is 5.56 Å². The number of hydrogen-bond donors (Lipinski definition) is 2. The smallest absolute Gasteiger partial charge is 0.282 e. The molecule has 3 aromatic heterocycles. The molecule has 1 aromatic carbocycles. The molecule has 0 radical (unpaired) electrons. The fourth-order valence-electron chi connectivity index (χ4n) is 5.28. The summed E-state index contributed by atoms with van der Waals surface area (Å²) < 4.78 is 1.19. The SMILES string of the molecule is Nn1c(NCCCN2CCN(c3ccc4ccccc4n3)CC2)nc2sc3c(c2c1=O)CCCC3. The topological polar surface area (TPSA) is 92.3 Å². The molecule has 4 aromatic rings. The largest absolute Gasteiger partial charge is 0.354 e. The van der Waals surface area contributed by atoms with Crippen molar-refractivity contribution in [1.29, 1.82) is 0 Å². The highest BCUT2D eigenvalue weighted by atomic mass is 32.1. The molecule has 0 atom stereocenters. The molecular weight excluding hydrogens is 458 g/mol. The minimum Gasteiger partial charge on any atom is -0.354 e. The standard InChI is InChI=1S/C26H31N7OS/c27-33-25(34)23-19-7-2-4-9-21(19)35-24(23)30-26(33)28-12-5-13-31-14-16-32(17-15-31)22-11-10-18-6-1-3-8-20(18)29-22/h1,3,6,8,10-11H,2,4-5,7,9,12-17,27H2,(H,28,30). The zero-order valence-electron chi connectivity index (χ0n) is 19.9. The summed E-state index contributed by atoms with van der Waals surface area (Å²) >= 11 is 1.66. The highest BCUT2D eigenvalue weighted by molar-refractivity contribution is 7.18. The average Bonchev–Trinajstić information content (AvgIpc) is 3.28. The van der Waals surface area contributed by atoms with Gasteiger partial charge in [-0.15, -0.1) is 11.3 Å². The van der Waals surface area contributed by atoms with E-state index in [1.54, 1.807) is 11.3 Å². The predicted octanol–water partition coefficient (Wildman–Crippen LogP) is 3.22. The maximum absolute atomic E-state index is 12.9. The fourth-order valence-corrected chi connectivity index (χ4v) is 6.53. The summed E-state index contributed by atoms with van der Waals surface area (Å²) in [4.78, 5) is 29.5. The molecule has 1 fully saturated rings. The van der Waals surface area contributed by atoms with Crippen LogP contribution in [0.5, 0.6) is 0 Å². The second kappa shape index (κ2) is 9.47. The van der Waals surface area contributed by atoms with E-state index in [1.165, 1.54) is 26.9 Å². The lowest BCUT2D eigenvalue weighted by molar-refractivity contribution is 0.256. The summed E-state index contributed by atoms with van der Waals surface area (Å²) in [6, 6.07) is 12.5. The van der Waals surface area contributed by atoms with Crippen molar-refractivity contribution in [3.05, 3.63) is 57.2 Å². The normalized spacial score (nSPS) is 16.6. The van der Waals surface area contributed by atoms with Crippen molar-refractivity contribution < 1.29 is 0 Å². The molecule has 182 valence electrons. The number of aryl methyl sites for hydroxylation is 2. The molecule has 0 saturated carbocycles. The summed E-state index contributed by atoms with van der Waals surface area (Å²) in [5.74, 6) is 7.66. The van der Waals surface area contributed by atoms with Crippen LogP contribution in [0.1, 0.15) is 29.7 Å². The van der Waals surface area contributed by atoms with E-state index in [0.29, 0.717) is 5.95 Å². The Morgan fingerprint density at radius 3 is 2.71 bits per heavy atom. The van der Waals surface area contributed by atoms with Gasteiger partial charge in [-0.05, 0) is 62.4 Å². The first-order valence-electron chi connectivity index (χ1n) is 12.6. The van der Waals surface area contributed by atoms with Gasteiger partial charge in [-0.2, -0.15) is 4.68 Å². The molecule has 3 N–H and O–H groups in total. The highest BCUT2D eigenvalue weighted by Gasteiger charge is 2.22. The molecule has 2 aliphatic rings. The zero-order valence-corrected chi connectivity index (χ0v) is 20.7. The van der Waals surface area contributed by atoms with Crippen LogP contribution >= 0.6 is 11.3 Å². The van der Waals surface area contributed by atoms with Crippen LogP contribution in [0.3, 0.4) is 0 Å². The Morgan fingerprint density at radius 1 is 1.00 bits per heavy atom. The number of nitrogens with zero attached hydrogens (tertiary/aromatic N) is 5. The molecule has 6 rings (SSSR count). The molecule has 0 amide bonds. The number of para-hydroxylation sites is 1. The minimum absolute atomic E-state index is 0.129. The van der Waals surface area contributed by atoms with Crippen LogP contribution in [-0.4, -0.2) is 58.8 Å². The summed E-state index contributed by atoms with van der Waals surface area (Å²) in [5, 5.41) is 5.22. The number of hydrogen-bond acceptors (Lipinski definition) is 8. The first-order valence-corrected chi connectivity index (χ1v) is 13.4. The van der Waals surface area contributed by atoms with Crippen molar-refractivity contribution in [3.8, 4) is 0 Å². The Kier molecular flexibility index (Phi) is 6.03. The third-order valence-electron chi connectivity index (χ3n) is 7.24. The van der Waals surface area contributed by atoms with Crippen molar-refractivity contribution >= 4 is 44.2 Å². The number of pyridine rings is 1. The van der Waals surface area contributed by atoms with E-state index in [9.17, 15) is 4.79 Å². The van der Waals surface area contributed by atoms with Gasteiger partial charge in [-0.3, -0.25) is 9.69 Å². The van der Waals surface area contributed by atoms with Gasteiger partial charge in [0.15, 0.2) is 0 Å². The van der Waals surface area contributed by atoms with Crippen LogP contribution < -0.4 is 21.6 Å². The minimum atomic E-state index is -0.129. The molecule has 1 saturated heterocycles. The Balaban J connectivity index is 1.02. The number of piperazine rings is 1.